The summed E-state index contributed by atoms with van der Waals surface area (Å²) in [6, 6.07) is 7.39. The second-order valence-electron chi connectivity index (χ2n) is 3.79. The number of nitrogens with zero attached hydrogens (tertiary/aromatic N) is 1. The third-order valence-corrected chi connectivity index (χ3v) is 2.86. The van der Waals surface area contributed by atoms with Crippen LogP contribution in [0.1, 0.15) is 11.3 Å². The summed E-state index contributed by atoms with van der Waals surface area (Å²) in [5.41, 5.74) is 2.56. The van der Waals surface area contributed by atoms with Crippen LogP contribution in [0.4, 0.5) is 0 Å². The number of rotatable bonds is 5. The summed E-state index contributed by atoms with van der Waals surface area (Å²) in [4.78, 5) is 10.1. The summed E-state index contributed by atoms with van der Waals surface area (Å²) >= 11 is 5.95. The monoisotopic (exact) mass is 265 g/mol. The summed E-state index contributed by atoms with van der Waals surface area (Å²) in [6.07, 6.45) is 0.565. The minimum Gasteiger partial charge on any atom is -0.468 e. The predicted molar refractivity (Wildman–Crippen MR) is 67.4 cm³/mol. The molecular formula is C13H12ClNO3. The van der Waals surface area contributed by atoms with Crippen LogP contribution >= 0.6 is 11.6 Å². The van der Waals surface area contributed by atoms with E-state index >= 15 is 0 Å². The molecule has 0 radical (unpaired) electrons. The maximum atomic E-state index is 10.1. The lowest BCUT2D eigenvalue weighted by Crippen LogP contribution is -1.98. The molecule has 18 heavy (non-hydrogen) atoms. The third-order valence-electron chi connectivity index (χ3n) is 2.62. The Kier molecular flexibility index (Phi) is 3.99. The summed E-state index contributed by atoms with van der Waals surface area (Å²) in [5, 5.41) is 4.67. The van der Waals surface area contributed by atoms with E-state index in [4.69, 9.17) is 20.9 Å². The van der Waals surface area contributed by atoms with Gasteiger partial charge in [0.05, 0.1) is 6.61 Å². The van der Waals surface area contributed by atoms with E-state index in [9.17, 15) is 4.79 Å². The van der Waals surface area contributed by atoms with Gasteiger partial charge < -0.3 is 9.26 Å². The highest BCUT2D eigenvalue weighted by Crippen LogP contribution is 2.27. The smallest absolute Gasteiger partial charge is 0.293 e. The zero-order valence-electron chi connectivity index (χ0n) is 9.85. The average molecular weight is 266 g/mol. The number of halogens is 1. The van der Waals surface area contributed by atoms with Crippen molar-refractivity contribution >= 4 is 18.1 Å². The first-order valence-electron chi connectivity index (χ1n) is 5.48. The number of aromatic nitrogens is 1. The van der Waals surface area contributed by atoms with Crippen molar-refractivity contribution in [2.75, 3.05) is 6.61 Å². The minimum absolute atomic E-state index is 0.305. The van der Waals surface area contributed by atoms with Gasteiger partial charge in [-0.2, -0.15) is 0 Å². The van der Waals surface area contributed by atoms with Crippen molar-refractivity contribution < 1.29 is 14.1 Å². The summed E-state index contributed by atoms with van der Waals surface area (Å²) in [7, 11) is 0. The van der Waals surface area contributed by atoms with Crippen LogP contribution in [0.3, 0.4) is 0 Å². The predicted octanol–water partition coefficient (Wildman–Crippen LogP) is 3.02. The van der Waals surface area contributed by atoms with Gasteiger partial charge in [-0.05, 0) is 19.1 Å². The summed E-state index contributed by atoms with van der Waals surface area (Å²) in [5.74, 6) is 0.722. The molecule has 1 aromatic heterocycles. The van der Waals surface area contributed by atoms with Crippen molar-refractivity contribution in [3.8, 4) is 11.3 Å². The molecule has 2 rings (SSSR count). The van der Waals surface area contributed by atoms with Crippen LogP contribution in [0.15, 0.2) is 28.8 Å². The van der Waals surface area contributed by atoms with Crippen LogP contribution in [-0.2, 0) is 16.0 Å². The van der Waals surface area contributed by atoms with Crippen molar-refractivity contribution in [1.82, 2.24) is 5.16 Å². The Morgan fingerprint density at radius 2 is 2.33 bits per heavy atom. The van der Waals surface area contributed by atoms with Gasteiger partial charge >= 0.3 is 0 Å². The first-order chi connectivity index (χ1) is 8.72. The molecule has 1 aromatic carbocycles. The highest BCUT2D eigenvalue weighted by atomic mass is 35.5. The minimum atomic E-state index is 0.305. The molecule has 0 bridgehead atoms. The van der Waals surface area contributed by atoms with Crippen molar-refractivity contribution in [2.24, 2.45) is 0 Å². The van der Waals surface area contributed by atoms with E-state index in [-0.39, 0.29) is 0 Å². The third kappa shape index (κ3) is 2.71. The average Bonchev–Trinajstić information content (AvgIpc) is 2.72. The van der Waals surface area contributed by atoms with E-state index in [1.54, 1.807) is 6.07 Å². The van der Waals surface area contributed by atoms with Crippen molar-refractivity contribution in [3.63, 3.8) is 0 Å². The summed E-state index contributed by atoms with van der Waals surface area (Å²) < 4.78 is 9.88. The zero-order valence-corrected chi connectivity index (χ0v) is 10.6. The van der Waals surface area contributed by atoms with Crippen LogP contribution in [0.25, 0.3) is 11.3 Å². The second-order valence-corrected chi connectivity index (χ2v) is 4.23. The standard InChI is InChI=1S/C13H12ClNO3/c1-9-12(5-6-17-8-16)13(15-18-9)10-3-2-4-11(14)7-10/h2-4,7-8H,5-6H2,1H3. The highest BCUT2D eigenvalue weighted by Gasteiger charge is 2.14. The Morgan fingerprint density at radius 3 is 3.06 bits per heavy atom. The molecule has 0 aliphatic carbocycles. The molecule has 0 saturated carbocycles. The molecule has 0 fully saturated rings. The van der Waals surface area contributed by atoms with E-state index in [1.165, 1.54) is 0 Å². The number of carbonyl (C=O) groups is 1. The van der Waals surface area contributed by atoms with Crippen LogP contribution < -0.4 is 0 Å². The molecule has 4 nitrogen and oxygen atoms in total. The Bertz CT molecular complexity index is 551. The van der Waals surface area contributed by atoms with Gasteiger partial charge in [0, 0.05) is 22.6 Å². The van der Waals surface area contributed by atoms with E-state index in [2.05, 4.69) is 5.16 Å². The Morgan fingerprint density at radius 1 is 1.50 bits per heavy atom. The van der Waals surface area contributed by atoms with E-state index in [0.717, 1.165) is 22.6 Å². The number of carbonyl (C=O) groups excluding carboxylic acids is 1. The molecule has 0 amide bonds. The first kappa shape index (κ1) is 12.6. The molecule has 0 aliphatic rings. The lowest BCUT2D eigenvalue weighted by molar-refractivity contribution is -0.128. The fourth-order valence-corrected chi connectivity index (χ4v) is 1.95. The molecule has 0 aliphatic heterocycles. The molecule has 0 atom stereocenters. The van der Waals surface area contributed by atoms with E-state index in [0.29, 0.717) is 24.5 Å². The van der Waals surface area contributed by atoms with E-state index in [1.807, 2.05) is 25.1 Å². The Hall–Kier alpha value is -1.81. The number of hydrogen-bond donors (Lipinski definition) is 0. The summed E-state index contributed by atoms with van der Waals surface area (Å²) in [6.45, 7) is 2.57. The fraction of sp³-hybridized carbons (Fsp3) is 0.231. The number of benzene rings is 1. The normalized spacial score (nSPS) is 10.3. The van der Waals surface area contributed by atoms with Gasteiger partial charge in [0.25, 0.3) is 6.47 Å². The topological polar surface area (TPSA) is 52.3 Å². The van der Waals surface area contributed by atoms with Crippen molar-refractivity contribution in [2.45, 2.75) is 13.3 Å². The van der Waals surface area contributed by atoms with Gasteiger partial charge in [-0.1, -0.05) is 28.9 Å². The number of ether oxygens (including phenoxy) is 1. The van der Waals surface area contributed by atoms with Gasteiger partial charge in [-0.15, -0.1) is 0 Å². The van der Waals surface area contributed by atoms with E-state index < -0.39 is 0 Å². The number of hydrogen-bond acceptors (Lipinski definition) is 4. The van der Waals surface area contributed by atoms with Crippen molar-refractivity contribution in [3.05, 3.63) is 40.6 Å². The fourth-order valence-electron chi connectivity index (χ4n) is 1.76. The van der Waals surface area contributed by atoms with Gasteiger partial charge in [-0.3, -0.25) is 4.79 Å². The van der Waals surface area contributed by atoms with Crippen LogP contribution in [0.5, 0.6) is 0 Å². The molecular weight excluding hydrogens is 254 g/mol. The lowest BCUT2D eigenvalue weighted by Gasteiger charge is -2.02. The quantitative estimate of drug-likeness (QED) is 0.616. The zero-order chi connectivity index (χ0) is 13.0. The van der Waals surface area contributed by atoms with Crippen LogP contribution in [0.2, 0.25) is 5.02 Å². The highest BCUT2D eigenvalue weighted by molar-refractivity contribution is 6.30. The maximum Gasteiger partial charge on any atom is 0.293 e. The molecule has 5 heteroatoms. The lowest BCUT2D eigenvalue weighted by atomic mass is 10.0. The van der Waals surface area contributed by atoms with Crippen LogP contribution in [0, 0.1) is 6.92 Å². The molecule has 2 aromatic rings. The molecule has 94 valence electrons. The molecule has 0 unspecified atom stereocenters. The number of aryl methyl sites for hydroxylation is 1. The Labute approximate surface area is 109 Å². The molecule has 1 heterocycles. The maximum absolute atomic E-state index is 10.1. The molecule has 0 spiro atoms. The van der Waals surface area contributed by atoms with Gasteiger partial charge in [0.1, 0.15) is 11.5 Å². The SMILES string of the molecule is Cc1onc(-c2cccc(Cl)c2)c1CCOC=O. The largest absolute Gasteiger partial charge is 0.468 e. The van der Waals surface area contributed by atoms with Crippen LogP contribution in [-0.4, -0.2) is 18.2 Å². The molecule has 0 saturated heterocycles. The van der Waals surface area contributed by atoms with Gasteiger partial charge in [0.2, 0.25) is 0 Å². The van der Waals surface area contributed by atoms with Gasteiger partial charge in [0.15, 0.2) is 0 Å². The Balaban J connectivity index is 2.30. The second kappa shape index (κ2) is 5.69. The molecule has 0 N–H and O–H groups in total. The van der Waals surface area contributed by atoms with Crippen molar-refractivity contribution in [1.29, 1.82) is 0 Å². The van der Waals surface area contributed by atoms with Gasteiger partial charge in [-0.25, -0.2) is 0 Å². The first-order valence-corrected chi connectivity index (χ1v) is 5.86.